The van der Waals surface area contributed by atoms with E-state index in [4.69, 9.17) is 4.74 Å². The fourth-order valence-corrected chi connectivity index (χ4v) is 2.67. The Hall–Kier alpha value is -3.74. The second-order valence-corrected chi connectivity index (χ2v) is 6.21. The summed E-state index contributed by atoms with van der Waals surface area (Å²) in [6.45, 7) is 1.76. The molecule has 6 nitrogen and oxygen atoms in total. The van der Waals surface area contributed by atoms with Crippen molar-refractivity contribution in [2.75, 3.05) is 17.3 Å². The van der Waals surface area contributed by atoms with E-state index in [0.717, 1.165) is 0 Å². The topological polar surface area (TPSA) is 71.5 Å². The number of rotatable bonds is 6. The molecule has 29 heavy (non-hydrogen) atoms. The van der Waals surface area contributed by atoms with E-state index in [1.54, 1.807) is 50.4 Å². The largest absolute Gasteiger partial charge is 0.456 e. The van der Waals surface area contributed by atoms with E-state index in [9.17, 15) is 14.0 Å². The molecule has 7 heteroatoms. The van der Waals surface area contributed by atoms with Crippen LogP contribution in [-0.2, 0) is 4.79 Å². The molecular formula is C22H20FN3O3. The first-order valence-electron chi connectivity index (χ1n) is 9.04. The minimum absolute atomic E-state index is 0.0920. The number of nitrogens with one attached hydrogen (secondary N) is 1. The third kappa shape index (κ3) is 4.95. The number of pyridine rings is 1. The summed E-state index contributed by atoms with van der Waals surface area (Å²) < 4.78 is 18.5. The van der Waals surface area contributed by atoms with Gasteiger partial charge in [0.25, 0.3) is 5.91 Å². The van der Waals surface area contributed by atoms with Crippen molar-refractivity contribution in [3.05, 3.63) is 78.2 Å². The molecule has 148 valence electrons. The van der Waals surface area contributed by atoms with E-state index in [2.05, 4.69) is 10.3 Å². The molecule has 3 aromatic rings. The number of hydrogen-bond donors (Lipinski definition) is 1. The second-order valence-electron chi connectivity index (χ2n) is 6.21. The molecule has 0 aliphatic rings. The Kier molecular flexibility index (Phi) is 6.19. The lowest BCUT2D eigenvalue weighted by Gasteiger charge is -2.19. The van der Waals surface area contributed by atoms with Gasteiger partial charge in [-0.25, -0.2) is 9.37 Å². The second kappa shape index (κ2) is 8.97. The SMILES string of the molecule is CCC(=O)N(C)c1ccccc1C(=O)Nc1ccc(Oc2ccc(F)cc2)cn1. The zero-order chi connectivity index (χ0) is 20.8. The Balaban J connectivity index is 1.71. The molecule has 0 saturated carbocycles. The number of aromatic nitrogens is 1. The van der Waals surface area contributed by atoms with Gasteiger partial charge in [0.2, 0.25) is 5.91 Å². The number of benzene rings is 2. The van der Waals surface area contributed by atoms with Crippen LogP contribution in [0.15, 0.2) is 66.9 Å². The molecule has 0 spiro atoms. The van der Waals surface area contributed by atoms with Crippen molar-refractivity contribution < 1.29 is 18.7 Å². The van der Waals surface area contributed by atoms with Crippen molar-refractivity contribution in [1.29, 1.82) is 0 Å². The average Bonchev–Trinajstić information content (AvgIpc) is 2.75. The molecule has 1 heterocycles. The zero-order valence-corrected chi connectivity index (χ0v) is 16.1. The predicted molar refractivity (Wildman–Crippen MR) is 109 cm³/mol. The minimum atomic E-state index is -0.379. The van der Waals surface area contributed by atoms with Gasteiger partial charge in [-0.3, -0.25) is 9.59 Å². The highest BCUT2D eigenvalue weighted by molar-refractivity contribution is 6.10. The third-order valence-electron chi connectivity index (χ3n) is 4.21. The summed E-state index contributed by atoms with van der Waals surface area (Å²) in [6.07, 6.45) is 1.79. The molecule has 2 amide bonds. The first kappa shape index (κ1) is 20.0. The Morgan fingerprint density at radius 1 is 1.03 bits per heavy atom. The fourth-order valence-electron chi connectivity index (χ4n) is 2.67. The van der Waals surface area contributed by atoms with Gasteiger partial charge in [0.1, 0.15) is 23.1 Å². The summed E-state index contributed by atoms with van der Waals surface area (Å²) in [7, 11) is 1.64. The lowest BCUT2D eigenvalue weighted by Crippen LogP contribution is -2.28. The summed E-state index contributed by atoms with van der Waals surface area (Å²) in [5, 5.41) is 2.72. The predicted octanol–water partition coefficient (Wildman–Crippen LogP) is 4.64. The average molecular weight is 393 g/mol. The Labute approximate surface area is 168 Å². The first-order valence-corrected chi connectivity index (χ1v) is 9.04. The number of ether oxygens (including phenoxy) is 1. The maximum absolute atomic E-state index is 13.0. The number of para-hydroxylation sites is 1. The number of hydrogen-bond acceptors (Lipinski definition) is 4. The smallest absolute Gasteiger partial charge is 0.258 e. The number of amides is 2. The third-order valence-corrected chi connectivity index (χ3v) is 4.21. The molecule has 0 saturated heterocycles. The van der Waals surface area contributed by atoms with Crippen LogP contribution in [0.3, 0.4) is 0 Å². The maximum atomic E-state index is 13.0. The molecule has 0 radical (unpaired) electrons. The number of carbonyl (C=O) groups is 2. The van der Waals surface area contributed by atoms with Crippen molar-refractivity contribution in [2.24, 2.45) is 0 Å². The van der Waals surface area contributed by atoms with Crippen molar-refractivity contribution in [3.8, 4) is 11.5 Å². The van der Waals surface area contributed by atoms with Crippen LogP contribution in [0.2, 0.25) is 0 Å². The first-order chi connectivity index (χ1) is 14.0. The number of carbonyl (C=O) groups excluding carboxylic acids is 2. The molecule has 0 atom stereocenters. The summed E-state index contributed by atoms with van der Waals surface area (Å²) in [6, 6.07) is 15.7. The van der Waals surface area contributed by atoms with Gasteiger partial charge in [-0.15, -0.1) is 0 Å². The van der Waals surface area contributed by atoms with E-state index in [1.165, 1.54) is 35.4 Å². The molecule has 1 N–H and O–H groups in total. The van der Waals surface area contributed by atoms with Crippen LogP contribution >= 0.6 is 0 Å². The van der Waals surface area contributed by atoms with Crippen LogP contribution in [0.5, 0.6) is 11.5 Å². The molecule has 0 fully saturated rings. The molecule has 1 aromatic heterocycles. The lowest BCUT2D eigenvalue weighted by atomic mass is 10.1. The van der Waals surface area contributed by atoms with Gasteiger partial charge in [0.05, 0.1) is 17.4 Å². The Bertz CT molecular complexity index is 1000. The summed E-state index contributed by atoms with van der Waals surface area (Å²) in [5.41, 5.74) is 0.887. The Morgan fingerprint density at radius 3 is 2.38 bits per heavy atom. The van der Waals surface area contributed by atoms with Crippen LogP contribution in [-0.4, -0.2) is 23.8 Å². The van der Waals surface area contributed by atoms with Crippen molar-refractivity contribution in [1.82, 2.24) is 4.98 Å². The van der Waals surface area contributed by atoms with Crippen molar-refractivity contribution in [2.45, 2.75) is 13.3 Å². The van der Waals surface area contributed by atoms with Gasteiger partial charge < -0.3 is 15.0 Å². The molecule has 2 aromatic carbocycles. The van der Waals surface area contributed by atoms with Gasteiger partial charge in [0, 0.05) is 13.5 Å². The Morgan fingerprint density at radius 2 is 1.72 bits per heavy atom. The van der Waals surface area contributed by atoms with Crippen LogP contribution in [0.1, 0.15) is 23.7 Å². The maximum Gasteiger partial charge on any atom is 0.258 e. The molecular weight excluding hydrogens is 373 g/mol. The highest BCUT2D eigenvalue weighted by Gasteiger charge is 2.17. The van der Waals surface area contributed by atoms with Gasteiger partial charge in [-0.2, -0.15) is 0 Å². The van der Waals surface area contributed by atoms with Crippen LogP contribution in [0, 0.1) is 5.82 Å². The van der Waals surface area contributed by atoms with Crippen LogP contribution < -0.4 is 15.0 Å². The molecule has 3 rings (SSSR count). The van der Waals surface area contributed by atoms with Crippen LogP contribution in [0.4, 0.5) is 15.9 Å². The highest BCUT2D eigenvalue weighted by atomic mass is 19.1. The quantitative estimate of drug-likeness (QED) is 0.662. The fraction of sp³-hybridized carbons (Fsp3) is 0.136. The standard InChI is InChI=1S/C22H20FN3O3/c1-3-21(27)26(2)19-7-5-4-6-18(19)22(28)25-20-13-12-17(14-24-20)29-16-10-8-15(23)9-11-16/h4-14H,3H2,1-2H3,(H,24,25,28). The van der Waals surface area contributed by atoms with E-state index in [0.29, 0.717) is 35.0 Å². The highest BCUT2D eigenvalue weighted by Crippen LogP contribution is 2.23. The number of anilines is 2. The summed E-state index contributed by atoms with van der Waals surface area (Å²) in [4.78, 5) is 30.3. The monoisotopic (exact) mass is 393 g/mol. The van der Waals surface area contributed by atoms with Gasteiger partial charge in [0.15, 0.2) is 0 Å². The molecule has 0 unspecified atom stereocenters. The van der Waals surface area contributed by atoms with Crippen LogP contribution in [0.25, 0.3) is 0 Å². The van der Waals surface area contributed by atoms with Gasteiger partial charge in [-0.1, -0.05) is 19.1 Å². The summed E-state index contributed by atoms with van der Waals surface area (Å²) >= 11 is 0. The van der Waals surface area contributed by atoms with Crippen molar-refractivity contribution in [3.63, 3.8) is 0 Å². The van der Waals surface area contributed by atoms with Crippen molar-refractivity contribution >= 4 is 23.3 Å². The van der Waals surface area contributed by atoms with E-state index in [-0.39, 0.29) is 17.6 Å². The van der Waals surface area contributed by atoms with E-state index >= 15 is 0 Å². The number of nitrogens with zero attached hydrogens (tertiary/aromatic N) is 2. The zero-order valence-electron chi connectivity index (χ0n) is 16.1. The van der Waals surface area contributed by atoms with E-state index in [1.807, 2.05) is 0 Å². The summed E-state index contributed by atoms with van der Waals surface area (Å²) in [5.74, 6) is 0.438. The van der Waals surface area contributed by atoms with Gasteiger partial charge >= 0.3 is 0 Å². The molecule has 0 aliphatic carbocycles. The number of halogens is 1. The molecule has 0 bridgehead atoms. The molecule has 0 aliphatic heterocycles. The van der Waals surface area contributed by atoms with Gasteiger partial charge in [-0.05, 0) is 48.5 Å². The van der Waals surface area contributed by atoms with E-state index < -0.39 is 0 Å². The minimum Gasteiger partial charge on any atom is -0.456 e. The lowest BCUT2D eigenvalue weighted by molar-refractivity contribution is -0.118. The normalized spacial score (nSPS) is 10.3.